The van der Waals surface area contributed by atoms with Crippen molar-refractivity contribution < 1.29 is 4.79 Å². The van der Waals surface area contributed by atoms with Crippen LogP contribution in [0.1, 0.15) is 203 Å². The number of hydrogen-bond donors (Lipinski definition) is 0. The van der Waals surface area contributed by atoms with Crippen molar-refractivity contribution in [3.63, 3.8) is 0 Å². The van der Waals surface area contributed by atoms with Gasteiger partial charge in [0.15, 0.2) is 0 Å². The van der Waals surface area contributed by atoms with Gasteiger partial charge < -0.3 is 4.79 Å². The minimum atomic E-state index is 0.435. The molecule has 0 spiro atoms. The Kier molecular flexibility index (Phi) is 24.9. The number of rotatable bonds is 5. The maximum Gasteiger partial charge on any atom is 0.123 e. The molecular formula is C49H90O. The third-order valence-electron chi connectivity index (χ3n) is 12.4. The maximum absolute atomic E-state index is 9.79. The summed E-state index contributed by atoms with van der Waals surface area (Å²) in [5, 5.41) is 0. The van der Waals surface area contributed by atoms with Crippen LogP contribution in [0.2, 0.25) is 0 Å². The molecule has 0 heterocycles. The Labute approximate surface area is 316 Å². The third kappa shape index (κ3) is 15.7. The van der Waals surface area contributed by atoms with Crippen molar-refractivity contribution in [2.24, 2.45) is 52.3 Å². The quantitative estimate of drug-likeness (QED) is 0.221. The molecule has 0 aromatic heterocycles. The predicted molar refractivity (Wildman–Crippen MR) is 227 cm³/mol. The molecule has 6 atom stereocenters. The van der Waals surface area contributed by atoms with E-state index in [9.17, 15) is 4.79 Å². The number of allylic oxidation sites excluding steroid dienone is 2. The first-order chi connectivity index (χ1) is 23.8. The van der Waals surface area contributed by atoms with E-state index in [2.05, 4.69) is 93.5 Å². The molecule has 1 aromatic rings. The minimum Gasteiger partial charge on any atom is -0.303 e. The molecule has 50 heavy (non-hydrogen) atoms. The Morgan fingerprint density at radius 2 is 1.22 bits per heavy atom. The summed E-state index contributed by atoms with van der Waals surface area (Å²) in [6.45, 7) is 35.3. The van der Waals surface area contributed by atoms with Gasteiger partial charge >= 0.3 is 0 Å². The fraction of sp³-hybridized carbons (Fsp3) is 0.816. The molecule has 292 valence electrons. The van der Waals surface area contributed by atoms with Gasteiger partial charge in [0.05, 0.1) is 0 Å². The molecule has 1 heteroatoms. The van der Waals surface area contributed by atoms with Crippen molar-refractivity contribution in [1.82, 2.24) is 0 Å². The zero-order chi connectivity index (χ0) is 38.5. The van der Waals surface area contributed by atoms with Gasteiger partial charge in [0.25, 0.3) is 0 Å². The Bertz CT molecular complexity index is 985. The number of carbonyl (C=O) groups is 1. The van der Waals surface area contributed by atoms with Gasteiger partial charge in [0.1, 0.15) is 6.29 Å². The van der Waals surface area contributed by atoms with Crippen molar-refractivity contribution in [1.29, 1.82) is 0 Å². The van der Waals surface area contributed by atoms with E-state index in [-0.39, 0.29) is 0 Å². The van der Waals surface area contributed by atoms with E-state index in [0.717, 1.165) is 54.6 Å². The summed E-state index contributed by atoms with van der Waals surface area (Å²) in [5.41, 5.74) is 7.22. The fourth-order valence-corrected chi connectivity index (χ4v) is 9.55. The Morgan fingerprint density at radius 3 is 1.64 bits per heavy atom. The van der Waals surface area contributed by atoms with Crippen molar-refractivity contribution in [3.05, 3.63) is 46.5 Å². The normalized spacial score (nSPS) is 28.7. The lowest BCUT2D eigenvalue weighted by Gasteiger charge is -2.57. The van der Waals surface area contributed by atoms with Crippen LogP contribution in [0, 0.1) is 73.0 Å². The van der Waals surface area contributed by atoms with Gasteiger partial charge in [0, 0.05) is 5.92 Å². The Morgan fingerprint density at radius 1 is 0.700 bits per heavy atom. The molecule has 6 unspecified atom stereocenters. The smallest absolute Gasteiger partial charge is 0.123 e. The highest BCUT2D eigenvalue weighted by atomic mass is 16.1. The summed E-state index contributed by atoms with van der Waals surface area (Å²) in [5.74, 6) is 6.25. The molecule has 4 saturated carbocycles. The number of aryl methyl sites for hydroxylation is 3. The molecule has 1 nitrogen and oxygen atoms in total. The molecule has 0 radical (unpaired) electrons. The van der Waals surface area contributed by atoms with Crippen LogP contribution in [0.15, 0.2) is 29.8 Å². The zero-order valence-corrected chi connectivity index (χ0v) is 36.9. The van der Waals surface area contributed by atoms with E-state index < -0.39 is 0 Å². The first-order valence-corrected chi connectivity index (χ1v) is 22.0. The summed E-state index contributed by atoms with van der Waals surface area (Å²) in [7, 11) is 0. The SMILES string of the molecule is CC.CC.CC.CC(C)CCCC(C)C.CC1CCC2(C)C(=CCC3C4CCCC4(C)CCC32)C1.Cc1cc(C)cc(C)c1.O=CC1CCC1. The van der Waals surface area contributed by atoms with Gasteiger partial charge in [-0.25, -0.2) is 0 Å². The molecule has 4 fully saturated rings. The first-order valence-electron chi connectivity index (χ1n) is 22.0. The monoisotopic (exact) mass is 695 g/mol. The van der Waals surface area contributed by atoms with Gasteiger partial charge in [-0.1, -0.05) is 169 Å². The van der Waals surface area contributed by atoms with Crippen LogP contribution < -0.4 is 0 Å². The highest BCUT2D eigenvalue weighted by Crippen LogP contribution is 2.65. The van der Waals surface area contributed by atoms with Crippen molar-refractivity contribution in [2.45, 2.75) is 207 Å². The van der Waals surface area contributed by atoms with E-state index >= 15 is 0 Å². The number of aldehydes is 1. The van der Waals surface area contributed by atoms with Gasteiger partial charge in [-0.2, -0.15) is 0 Å². The van der Waals surface area contributed by atoms with Gasteiger partial charge in [0.2, 0.25) is 0 Å². The van der Waals surface area contributed by atoms with Crippen LogP contribution >= 0.6 is 0 Å². The summed E-state index contributed by atoms with van der Waals surface area (Å²) in [4.78, 5) is 9.79. The molecule has 0 bridgehead atoms. The van der Waals surface area contributed by atoms with Crippen LogP contribution in [0.4, 0.5) is 0 Å². The molecule has 6 rings (SSSR count). The highest BCUT2D eigenvalue weighted by Gasteiger charge is 2.55. The van der Waals surface area contributed by atoms with Crippen LogP contribution in [0.25, 0.3) is 0 Å². The van der Waals surface area contributed by atoms with E-state index in [4.69, 9.17) is 0 Å². The van der Waals surface area contributed by atoms with Crippen molar-refractivity contribution >= 4 is 6.29 Å². The topological polar surface area (TPSA) is 17.1 Å². The second-order valence-corrected chi connectivity index (χ2v) is 17.4. The summed E-state index contributed by atoms with van der Waals surface area (Å²) in [6.07, 6.45) is 24.9. The zero-order valence-electron chi connectivity index (χ0n) is 36.9. The average Bonchev–Trinajstić information content (AvgIpc) is 3.46. The lowest BCUT2D eigenvalue weighted by Crippen LogP contribution is -2.48. The average molecular weight is 695 g/mol. The van der Waals surface area contributed by atoms with Gasteiger partial charge in [-0.3, -0.25) is 0 Å². The standard InChI is InChI=1S/C20H32.C9H12.C9H20.C5H8O.3C2H6/c1-14-8-12-20(3)15(13-14)6-7-16-17-5-4-10-19(17,2)11-9-18(16)20;1-7-4-8(2)6-9(3)5-7;1-8(2)6-5-7-9(3)4;6-4-5-2-1-3-5;3*1-2/h6,14,16-18H,4-5,7-13H2,1-3H3;4-6H,1-3H3;8-9H,5-7H2,1-4H3;4-5H,1-3H2;3*1-2H3. The number of benzene rings is 1. The molecular weight excluding hydrogens is 605 g/mol. The predicted octanol–water partition coefficient (Wildman–Crippen LogP) is 16.1. The van der Waals surface area contributed by atoms with Crippen LogP contribution in [-0.2, 0) is 4.79 Å². The molecule has 0 N–H and O–H groups in total. The molecule has 0 aliphatic heterocycles. The van der Waals surface area contributed by atoms with Crippen LogP contribution in [-0.4, -0.2) is 6.29 Å². The fourth-order valence-electron chi connectivity index (χ4n) is 9.55. The Hall–Kier alpha value is -1.37. The summed E-state index contributed by atoms with van der Waals surface area (Å²) in [6, 6.07) is 6.56. The van der Waals surface area contributed by atoms with E-state index in [1.807, 2.05) is 47.1 Å². The van der Waals surface area contributed by atoms with Crippen LogP contribution in [0.3, 0.4) is 0 Å². The summed E-state index contributed by atoms with van der Waals surface area (Å²) >= 11 is 0. The number of carbonyl (C=O) groups excluding carboxylic acids is 1. The number of hydrogen-bond acceptors (Lipinski definition) is 1. The molecule has 0 saturated heterocycles. The minimum absolute atomic E-state index is 0.435. The second kappa shape index (κ2) is 25.6. The van der Waals surface area contributed by atoms with Gasteiger partial charge in [-0.05, 0) is 131 Å². The Balaban J connectivity index is 0.000000676. The van der Waals surface area contributed by atoms with Crippen molar-refractivity contribution in [2.75, 3.05) is 0 Å². The first kappa shape index (κ1) is 48.6. The number of fused-ring (bicyclic) bond motifs is 5. The van der Waals surface area contributed by atoms with Crippen LogP contribution in [0.5, 0.6) is 0 Å². The molecule has 1 aromatic carbocycles. The van der Waals surface area contributed by atoms with Crippen molar-refractivity contribution in [3.8, 4) is 0 Å². The van der Waals surface area contributed by atoms with E-state index in [0.29, 0.717) is 16.7 Å². The maximum atomic E-state index is 9.79. The highest BCUT2D eigenvalue weighted by molar-refractivity contribution is 5.54. The lowest BCUT2D eigenvalue weighted by atomic mass is 9.48. The largest absolute Gasteiger partial charge is 0.303 e. The molecule has 5 aliphatic carbocycles. The third-order valence-corrected chi connectivity index (χ3v) is 12.4. The summed E-state index contributed by atoms with van der Waals surface area (Å²) < 4.78 is 0. The van der Waals surface area contributed by atoms with E-state index in [1.165, 1.54) is 100 Å². The molecule has 5 aliphatic rings. The van der Waals surface area contributed by atoms with E-state index in [1.54, 1.807) is 0 Å². The molecule has 0 amide bonds. The van der Waals surface area contributed by atoms with Gasteiger partial charge in [-0.15, -0.1) is 0 Å². The second-order valence-electron chi connectivity index (χ2n) is 17.4. The lowest BCUT2D eigenvalue weighted by molar-refractivity contribution is -0.113.